The maximum Gasteiger partial charge on any atom is 0.413 e. The summed E-state index contributed by atoms with van der Waals surface area (Å²) in [5.74, 6) is 0. The number of nitrogens with one attached hydrogen (secondary N) is 2. The van der Waals surface area contributed by atoms with Gasteiger partial charge in [0.1, 0.15) is 0 Å². The molecule has 6 heteroatoms. The molecule has 17 heavy (non-hydrogen) atoms. The zero-order chi connectivity index (χ0) is 12.8. The average Bonchev–Trinajstić information content (AvgIpc) is 2.22. The summed E-state index contributed by atoms with van der Waals surface area (Å²) < 4.78 is 5.71. The van der Waals surface area contributed by atoms with Gasteiger partial charge in [-0.3, -0.25) is 5.32 Å². The lowest BCUT2D eigenvalue weighted by Crippen LogP contribution is -2.34. The molecule has 0 aliphatic heterocycles. The summed E-state index contributed by atoms with van der Waals surface area (Å²) in [7, 11) is 0. The highest BCUT2D eigenvalue weighted by Gasteiger charge is 2.06. The largest absolute Gasteiger partial charge is 0.450 e. The normalized spacial score (nSPS) is 9.59. The number of rotatable bonds is 2. The monoisotopic (exact) mass is 316 g/mol. The number of carbonyl (C=O) groups excluding carboxylic acids is 1. The van der Waals surface area contributed by atoms with Crippen molar-refractivity contribution in [2.75, 3.05) is 11.9 Å². The fourth-order valence-corrected chi connectivity index (χ4v) is 1.85. The van der Waals surface area contributed by atoms with Crippen LogP contribution in [0, 0.1) is 6.92 Å². The first-order valence-corrected chi connectivity index (χ1v) is 6.24. The van der Waals surface area contributed by atoms with Crippen molar-refractivity contribution < 1.29 is 9.53 Å². The number of halogens is 1. The molecular weight excluding hydrogens is 304 g/mol. The molecule has 4 nitrogen and oxygen atoms in total. The Bertz CT molecular complexity index is 437. The highest BCUT2D eigenvalue weighted by atomic mass is 79.9. The lowest BCUT2D eigenvalue weighted by atomic mass is 10.2. The molecule has 2 N–H and O–H groups in total. The highest BCUT2D eigenvalue weighted by Crippen LogP contribution is 2.19. The van der Waals surface area contributed by atoms with Gasteiger partial charge in [0.15, 0.2) is 5.11 Å². The zero-order valence-corrected chi connectivity index (χ0v) is 11.9. The summed E-state index contributed by atoms with van der Waals surface area (Å²) in [6, 6.07) is 5.72. The van der Waals surface area contributed by atoms with Gasteiger partial charge in [0.2, 0.25) is 0 Å². The molecule has 92 valence electrons. The van der Waals surface area contributed by atoms with Crippen LogP contribution in [0.3, 0.4) is 0 Å². The highest BCUT2D eigenvalue weighted by molar-refractivity contribution is 9.10. The van der Waals surface area contributed by atoms with Crippen LogP contribution in [0.5, 0.6) is 0 Å². The fraction of sp³-hybridized carbons (Fsp3) is 0.273. The van der Waals surface area contributed by atoms with Crippen LogP contribution in [0.25, 0.3) is 0 Å². The third kappa shape index (κ3) is 4.70. The van der Waals surface area contributed by atoms with Crippen molar-refractivity contribution in [1.82, 2.24) is 5.32 Å². The number of thiocarbonyl (C=S) groups is 1. The van der Waals surface area contributed by atoms with Crippen LogP contribution in [0.4, 0.5) is 10.5 Å². The molecule has 1 aromatic rings. The number of anilines is 1. The summed E-state index contributed by atoms with van der Waals surface area (Å²) in [5, 5.41) is 5.56. The van der Waals surface area contributed by atoms with Gasteiger partial charge in [-0.05, 0) is 49.8 Å². The first-order chi connectivity index (χ1) is 8.02. The van der Waals surface area contributed by atoms with Gasteiger partial charge in [-0.15, -0.1) is 0 Å². The van der Waals surface area contributed by atoms with Gasteiger partial charge in [0, 0.05) is 10.2 Å². The van der Waals surface area contributed by atoms with E-state index in [-0.39, 0.29) is 5.11 Å². The van der Waals surface area contributed by atoms with E-state index in [0.29, 0.717) is 6.61 Å². The van der Waals surface area contributed by atoms with E-state index in [0.717, 1.165) is 15.7 Å². The molecule has 0 spiro atoms. The number of ether oxygens (including phenoxy) is 1. The van der Waals surface area contributed by atoms with E-state index < -0.39 is 6.09 Å². The Morgan fingerprint density at radius 1 is 1.53 bits per heavy atom. The smallest absolute Gasteiger partial charge is 0.413 e. The van der Waals surface area contributed by atoms with Crippen LogP contribution >= 0.6 is 28.1 Å². The van der Waals surface area contributed by atoms with Crippen LogP contribution < -0.4 is 10.6 Å². The summed E-state index contributed by atoms with van der Waals surface area (Å²) in [6.07, 6.45) is -0.556. The average molecular weight is 317 g/mol. The van der Waals surface area contributed by atoms with Gasteiger partial charge in [-0.2, -0.15) is 0 Å². The molecule has 1 aromatic carbocycles. The fourth-order valence-electron chi connectivity index (χ4n) is 1.18. The Balaban J connectivity index is 2.59. The molecule has 0 atom stereocenters. The van der Waals surface area contributed by atoms with Crippen molar-refractivity contribution in [2.24, 2.45) is 0 Å². The molecule has 0 unspecified atom stereocenters. The molecular formula is C11H13BrN2O2S. The van der Waals surface area contributed by atoms with Gasteiger partial charge in [-0.1, -0.05) is 15.9 Å². The lowest BCUT2D eigenvalue weighted by molar-refractivity contribution is 0.158. The van der Waals surface area contributed by atoms with E-state index in [2.05, 4.69) is 26.6 Å². The predicted molar refractivity (Wildman–Crippen MR) is 75.3 cm³/mol. The maximum atomic E-state index is 11.1. The van der Waals surface area contributed by atoms with Crippen molar-refractivity contribution in [3.63, 3.8) is 0 Å². The summed E-state index contributed by atoms with van der Waals surface area (Å²) >= 11 is 8.36. The van der Waals surface area contributed by atoms with Crippen molar-refractivity contribution >= 4 is 45.0 Å². The summed E-state index contributed by atoms with van der Waals surface area (Å²) in [6.45, 7) is 3.99. The van der Waals surface area contributed by atoms with Crippen LogP contribution in [0.2, 0.25) is 0 Å². The van der Waals surface area contributed by atoms with E-state index in [1.54, 1.807) is 6.92 Å². The van der Waals surface area contributed by atoms with Crippen LogP contribution in [0.1, 0.15) is 12.5 Å². The SMILES string of the molecule is CCOC(=O)NC(=S)Nc1ccc(Br)cc1C. The summed E-state index contributed by atoms with van der Waals surface area (Å²) in [4.78, 5) is 11.1. The van der Waals surface area contributed by atoms with Crippen LogP contribution in [-0.2, 0) is 4.74 Å². The third-order valence-corrected chi connectivity index (χ3v) is 2.63. The van der Waals surface area contributed by atoms with E-state index >= 15 is 0 Å². The van der Waals surface area contributed by atoms with Crippen LogP contribution in [0.15, 0.2) is 22.7 Å². The number of alkyl carbamates (subject to hydrolysis) is 1. The summed E-state index contributed by atoms with van der Waals surface area (Å²) in [5.41, 5.74) is 1.86. The van der Waals surface area contributed by atoms with E-state index in [1.807, 2.05) is 25.1 Å². The molecule has 0 heterocycles. The standard InChI is InChI=1S/C11H13BrN2O2S/c1-3-16-11(15)14-10(17)13-9-5-4-8(12)6-7(9)2/h4-6H,3H2,1-2H3,(H2,13,14,15,17). The molecule has 0 aliphatic carbocycles. The molecule has 0 saturated carbocycles. The molecule has 0 aliphatic rings. The topological polar surface area (TPSA) is 50.4 Å². The van der Waals surface area contributed by atoms with Crippen molar-refractivity contribution in [3.8, 4) is 0 Å². The Kier molecular flexibility index (Phi) is 5.37. The Morgan fingerprint density at radius 2 is 2.24 bits per heavy atom. The first kappa shape index (κ1) is 13.9. The van der Waals surface area contributed by atoms with Gasteiger partial charge >= 0.3 is 6.09 Å². The lowest BCUT2D eigenvalue weighted by Gasteiger charge is -2.11. The second-order valence-electron chi connectivity index (χ2n) is 3.26. The molecule has 0 radical (unpaired) electrons. The maximum absolute atomic E-state index is 11.1. The Morgan fingerprint density at radius 3 is 2.82 bits per heavy atom. The number of benzene rings is 1. The van der Waals surface area contributed by atoms with Gasteiger partial charge in [-0.25, -0.2) is 4.79 Å². The molecule has 0 aromatic heterocycles. The Hall–Kier alpha value is -1.14. The minimum absolute atomic E-state index is 0.217. The van der Waals surface area contributed by atoms with Crippen LogP contribution in [-0.4, -0.2) is 17.8 Å². The van der Waals surface area contributed by atoms with E-state index in [4.69, 9.17) is 17.0 Å². The molecule has 0 bridgehead atoms. The zero-order valence-electron chi connectivity index (χ0n) is 9.54. The number of hydrogen-bond acceptors (Lipinski definition) is 3. The van der Waals surface area contributed by atoms with Gasteiger partial charge in [0.25, 0.3) is 0 Å². The molecule has 1 rings (SSSR count). The first-order valence-electron chi connectivity index (χ1n) is 5.04. The van der Waals surface area contributed by atoms with E-state index in [9.17, 15) is 4.79 Å². The van der Waals surface area contributed by atoms with Gasteiger partial charge in [0.05, 0.1) is 6.61 Å². The van der Waals surface area contributed by atoms with Crippen molar-refractivity contribution in [2.45, 2.75) is 13.8 Å². The second-order valence-corrected chi connectivity index (χ2v) is 4.58. The third-order valence-electron chi connectivity index (χ3n) is 1.93. The van der Waals surface area contributed by atoms with E-state index in [1.165, 1.54) is 0 Å². The Labute approximate surface area is 114 Å². The van der Waals surface area contributed by atoms with Gasteiger partial charge < -0.3 is 10.1 Å². The number of aryl methyl sites for hydroxylation is 1. The minimum atomic E-state index is -0.556. The molecule has 0 fully saturated rings. The number of hydrogen-bond donors (Lipinski definition) is 2. The number of carbonyl (C=O) groups is 1. The predicted octanol–water partition coefficient (Wildman–Crippen LogP) is 3.20. The van der Waals surface area contributed by atoms with Crippen molar-refractivity contribution in [1.29, 1.82) is 0 Å². The second kappa shape index (κ2) is 6.56. The van der Waals surface area contributed by atoms with Crippen molar-refractivity contribution in [3.05, 3.63) is 28.2 Å². The quantitative estimate of drug-likeness (QED) is 0.823. The molecule has 0 saturated heterocycles. The number of amides is 1. The minimum Gasteiger partial charge on any atom is -0.450 e. The molecule has 1 amide bonds.